The first-order valence-electron chi connectivity index (χ1n) is 9.90. The second-order valence-electron chi connectivity index (χ2n) is 7.33. The number of benzene rings is 1. The molecule has 1 aliphatic heterocycles. The van der Waals surface area contributed by atoms with Crippen LogP contribution in [0.4, 0.5) is 5.82 Å². The molecule has 1 fully saturated rings. The number of ether oxygens (including phenoxy) is 1. The minimum Gasteiger partial charge on any atom is -0.377 e. The van der Waals surface area contributed by atoms with Crippen molar-refractivity contribution in [3.05, 3.63) is 59.8 Å². The monoisotopic (exact) mass is 405 g/mol. The number of fused-ring (bicyclic) bond motifs is 1. The molecule has 0 atom stereocenters. The van der Waals surface area contributed by atoms with Gasteiger partial charge in [0.15, 0.2) is 5.82 Å². The highest BCUT2D eigenvalue weighted by Gasteiger charge is 2.26. The Kier molecular flexibility index (Phi) is 4.99. The van der Waals surface area contributed by atoms with Gasteiger partial charge in [-0.05, 0) is 18.4 Å². The predicted molar refractivity (Wildman–Crippen MR) is 116 cm³/mol. The molecule has 29 heavy (non-hydrogen) atoms. The number of imidazole rings is 1. The standard InChI is InChI=1S/C22H23N5OS/c1-28-13-18-25-21(27-11-7-16(8-12-27)20-23-9-10-24-20)19-17(14-29-22(19)26-18)15-5-3-2-4-6-15/h2-6,9-10,14,16H,7-8,11-13H2,1H3,(H,23,24). The van der Waals surface area contributed by atoms with Crippen LogP contribution in [0.5, 0.6) is 0 Å². The number of nitrogens with one attached hydrogen (secondary N) is 1. The summed E-state index contributed by atoms with van der Waals surface area (Å²) in [6.07, 6.45) is 5.86. The van der Waals surface area contributed by atoms with E-state index >= 15 is 0 Å². The van der Waals surface area contributed by atoms with E-state index in [0.29, 0.717) is 12.5 Å². The van der Waals surface area contributed by atoms with Crippen LogP contribution in [0.25, 0.3) is 21.3 Å². The Balaban J connectivity index is 1.54. The fraction of sp³-hybridized carbons (Fsp3) is 0.318. The smallest absolute Gasteiger partial charge is 0.158 e. The lowest BCUT2D eigenvalue weighted by molar-refractivity contribution is 0.178. The van der Waals surface area contributed by atoms with Crippen LogP contribution in [0.3, 0.4) is 0 Å². The summed E-state index contributed by atoms with van der Waals surface area (Å²) in [6, 6.07) is 10.5. The topological polar surface area (TPSA) is 66.9 Å². The Morgan fingerprint density at radius 2 is 2.00 bits per heavy atom. The number of hydrogen-bond acceptors (Lipinski definition) is 6. The number of anilines is 1. The zero-order valence-electron chi connectivity index (χ0n) is 16.3. The molecule has 0 spiro atoms. The number of thiophene rings is 1. The van der Waals surface area contributed by atoms with Gasteiger partial charge in [0.1, 0.15) is 23.1 Å². The molecule has 5 rings (SSSR count). The highest BCUT2D eigenvalue weighted by atomic mass is 32.1. The van der Waals surface area contributed by atoms with Crippen LogP contribution < -0.4 is 4.90 Å². The molecule has 7 heteroatoms. The van der Waals surface area contributed by atoms with E-state index in [2.05, 4.69) is 44.5 Å². The van der Waals surface area contributed by atoms with Crippen LogP contribution in [0.2, 0.25) is 0 Å². The summed E-state index contributed by atoms with van der Waals surface area (Å²) in [6.45, 7) is 2.33. The minimum absolute atomic E-state index is 0.421. The predicted octanol–water partition coefficient (Wildman–Crippen LogP) is 4.61. The van der Waals surface area contributed by atoms with Gasteiger partial charge in [0.05, 0.1) is 5.39 Å². The fourth-order valence-electron chi connectivity index (χ4n) is 4.08. The molecule has 6 nitrogen and oxygen atoms in total. The molecule has 0 bridgehead atoms. The largest absolute Gasteiger partial charge is 0.377 e. The van der Waals surface area contributed by atoms with Gasteiger partial charge in [0, 0.05) is 49.5 Å². The number of hydrogen-bond donors (Lipinski definition) is 1. The highest BCUT2D eigenvalue weighted by Crippen LogP contribution is 2.40. The zero-order valence-corrected chi connectivity index (χ0v) is 17.2. The molecule has 0 amide bonds. The number of piperidine rings is 1. The van der Waals surface area contributed by atoms with Crippen LogP contribution in [-0.4, -0.2) is 40.1 Å². The van der Waals surface area contributed by atoms with Gasteiger partial charge in [-0.3, -0.25) is 0 Å². The zero-order chi connectivity index (χ0) is 19.6. The van der Waals surface area contributed by atoms with Crippen molar-refractivity contribution in [2.45, 2.75) is 25.4 Å². The van der Waals surface area contributed by atoms with E-state index in [0.717, 1.165) is 53.6 Å². The molecule has 0 aliphatic carbocycles. The van der Waals surface area contributed by atoms with E-state index in [1.54, 1.807) is 18.4 Å². The molecule has 1 aromatic carbocycles. The quantitative estimate of drug-likeness (QED) is 0.525. The third kappa shape index (κ3) is 3.52. The van der Waals surface area contributed by atoms with Crippen molar-refractivity contribution in [3.63, 3.8) is 0 Å². The summed E-state index contributed by atoms with van der Waals surface area (Å²) in [4.78, 5) is 20.9. The maximum absolute atomic E-state index is 5.33. The van der Waals surface area contributed by atoms with Crippen molar-refractivity contribution in [2.75, 3.05) is 25.1 Å². The van der Waals surface area contributed by atoms with Crippen molar-refractivity contribution in [2.24, 2.45) is 0 Å². The normalized spacial score (nSPS) is 15.3. The lowest BCUT2D eigenvalue weighted by atomic mass is 9.95. The lowest BCUT2D eigenvalue weighted by Crippen LogP contribution is -2.34. The van der Waals surface area contributed by atoms with Crippen molar-refractivity contribution < 1.29 is 4.74 Å². The average Bonchev–Trinajstić information content (AvgIpc) is 3.45. The summed E-state index contributed by atoms with van der Waals surface area (Å²) >= 11 is 1.68. The number of aromatic nitrogens is 4. The number of nitrogens with zero attached hydrogens (tertiary/aromatic N) is 4. The second-order valence-corrected chi connectivity index (χ2v) is 8.19. The van der Waals surface area contributed by atoms with E-state index in [9.17, 15) is 0 Å². The van der Waals surface area contributed by atoms with Gasteiger partial charge < -0.3 is 14.6 Å². The van der Waals surface area contributed by atoms with Gasteiger partial charge >= 0.3 is 0 Å². The van der Waals surface area contributed by atoms with Crippen molar-refractivity contribution in [1.82, 2.24) is 19.9 Å². The minimum atomic E-state index is 0.421. The first-order valence-corrected chi connectivity index (χ1v) is 10.8. The van der Waals surface area contributed by atoms with Gasteiger partial charge in [-0.1, -0.05) is 30.3 Å². The van der Waals surface area contributed by atoms with E-state index in [1.165, 1.54) is 11.1 Å². The first kappa shape index (κ1) is 18.3. The van der Waals surface area contributed by atoms with E-state index in [1.807, 2.05) is 18.5 Å². The third-order valence-corrected chi connectivity index (χ3v) is 6.39. The molecular formula is C22H23N5OS. The SMILES string of the molecule is COCc1nc(N2CCC(c3ncc[nH]3)CC2)c2c(-c3ccccc3)csc2n1. The average molecular weight is 406 g/mol. The van der Waals surface area contributed by atoms with Crippen LogP contribution >= 0.6 is 11.3 Å². The van der Waals surface area contributed by atoms with Crippen LogP contribution in [0.1, 0.15) is 30.4 Å². The number of methoxy groups -OCH3 is 1. The van der Waals surface area contributed by atoms with Gasteiger partial charge in [0.25, 0.3) is 0 Å². The summed E-state index contributed by atoms with van der Waals surface area (Å²) in [5.74, 6) is 3.34. The maximum atomic E-state index is 5.33. The number of H-pyrrole nitrogens is 1. The molecule has 1 aliphatic rings. The summed E-state index contributed by atoms with van der Waals surface area (Å²) in [5, 5.41) is 3.35. The number of aromatic amines is 1. The Hall–Kier alpha value is -2.77. The Morgan fingerprint density at radius 3 is 2.72 bits per heavy atom. The molecule has 4 aromatic rings. The molecule has 148 valence electrons. The van der Waals surface area contributed by atoms with Crippen LogP contribution in [0.15, 0.2) is 48.1 Å². The maximum Gasteiger partial charge on any atom is 0.158 e. The van der Waals surface area contributed by atoms with Crippen LogP contribution in [-0.2, 0) is 11.3 Å². The van der Waals surface area contributed by atoms with Crippen molar-refractivity contribution in [3.8, 4) is 11.1 Å². The van der Waals surface area contributed by atoms with Crippen molar-refractivity contribution in [1.29, 1.82) is 0 Å². The summed E-state index contributed by atoms with van der Waals surface area (Å²) in [5.41, 5.74) is 2.41. The third-order valence-electron chi connectivity index (χ3n) is 5.52. The van der Waals surface area contributed by atoms with Gasteiger partial charge in [-0.15, -0.1) is 11.3 Å². The van der Waals surface area contributed by atoms with E-state index in [4.69, 9.17) is 14.7 Å². The summed E-state index contributed by atoms with van der Waals surface area (Å²) in [7, 11) is 1.69. The molecule has 1 N–H and O–H groups in total. The van der Waals surface area contributed by atoms with Crippen molar-refractivity contribution >= 4 is 27.4 Å². The Morgan fingerprint density at radius 1 is 1.17 bits per heavy atom. The Labute approximate surface area is 173 Å². The Bertz CT molecular complexity index is 1090. The van der Waals surface area contributed by atoms with E-state index in [-0.39, 0.29) is 0 Å². The molecule has 0 saturated carbocycles. The summed E-state index contributed by atoms with van der Waals surface area (Å²) < 4.78 is 5.33. The first-order chi connectivity index (χ1) is 14.3. The van der Waals surface area contributed by atoms with Crippen LogP contribution in [0, 0.1) is 0 Å². The van der Waals surface area contributed by atoms with Gasteiger partial charge in [0.2, 0.25) is 0 Å². The molecule has 0 radical (unpaired) electrons. The second kappa shape index (κ2) is 7.93. The van der Waals surface area contributed by atoms with Gasteiger partial charge in [-0.2, -0.15) is 0 Å². The molecule has 3 aromatic heterocycles. The van der Waals surface area contributed by atoms with Gasteiger partial charge in [-0.25, -0.2) is 15.0 Å². The molecule has 4 heterocycles. The molecular weight excluding hydrogens is 382 g/mol. The molecule has 1 saturated heterocycles. The van der Waals surface area contributed by atoms with E-state index < -0.39 is 0 Å². The number of rotatable bonds is 5. The highest BCUT2D eigenvalue weighted by molar-refractivity contribution is 7.17. The fourth-order valence-corrected chi connectivity index (χ4v) is 5.05. The molecule has 0 unspecified atom stereocenters. The lowest BCUT2D eigenvalue weighted by Gasteiger charge is -2.32.